The summed E-state index contributed by atoms with van der Waals surface area (Å²) in [5.74, 6) is 0. The third kappa shape index (κ3) is 4180. The maximum atomic E-state index is 8.24. The second-order valence-electron chi connectivity index (χ2n) is 0.274. The molecular weight excluding hydrogens is 208 g/mol. The van der Waals surface area contributed by atoms with E-state index in [-0.39, 0.29) is 46.0 Å². The molecule has 0 unspecified atom stereocenters. The summed E-state index contributed by atoms with van der Waals surface area (Å²) in [6.07, 6.45) is 1.50. The van der Waals surface area contributed by atoms with Crippen molar-refractivity contribution in [1.82, 2.24) is 0 Å². The minimum atomic E-state index is 0. The Morgan fingerprint density at radius 2 is 0.727 bits per heavy atom. The van der Waals surface area contributed by atoms with Gasteiger partial charge >= 0.3 is 46.0 Å². The summed E-state index contributed by atoms with van der Waals surface area (Å²) in [6, 6.07) is 0. The monoisotopic (exact) mass is 207 g/mol. The third-order valence-electron chi connectivity index (χ3n) is 0. The molecule has 0 amide bonds. The molecule has 0 aromatic rings. The maximum absolute atomic E-state index is 8.24. The summed E-state index contributed by atoms with van der Waals surface area (Å²) in [4.78, 5) is 24.7. The van der Waals surface area contributed by atoms with Crippen molar-refractivity contribution in [1.29, 1.82) is 0 Å². The Hall–Kier alpha value is -0.366. The molecule has 11 heavy (non-hydrogen) atoms. The van der Waals surface area contributed by atoms with E-state index >= 15 is 0 Å². The molecule has 56 valence electrons. The van der Waals surface area contributed by atoms with Gasteiger partial charge in [0.25, 0.3) is 0 Å². The Balaban J connectivity index is -0.0000000150. The smallest absolute Gasteiger partial charge is 0.724 e. The second kappa shape index (κ2) is 104. The molecule has 0 fully saturated rings. The molecule has 0 aliphatic carbocycles. The fourth-order valence-electron chi connectivity index (χ4n) is 0. The Morgan fingerprint density at radius 3 is 0.727 bits per heavy atom. The van der Waals surface area contributed by atoms with Crippen LogP contribution in [0.25, 0.3) is 16.2 Å². The van der Waals surface area contributed by atoms with Crippen LogP contribution in [-0.4, -0.2) is 18.2 Å². The van der Waals surface area contributed by atoms with Crippen LogP contribution < -0.4 is 29.6 Å². The molecular formula is C3N3NaNiO3. The first-order valence-electron chi connectivity index (χ1n) is 1.28. The number of nitrogens with zero attached hydrogens (tertiary/aromatic N) is 3. The number of hydrogen-bond donors (Lipinski definition) is 0. The molecule has 0 heterocycles. The molecule has 8 heteroatoms. The Morgan fingerprint density at radius 1 is 0.727 bits per heavy atom. The van der Waals surface area contributed by atoms with Crippen molar-refractivity contribution in [3.63, 3.8) is 0 Å². The number of rotatable bonds is 0. The van der Waals surface area contributed by atoms with Crippen molar-refractivity contribution in [2.75, 3.05) is 0 Å². The van der Waals surface area contributed by atoms with Crippen molar-refractivity contribution in [2.24, 2.45) is 0 Å². The first-order valence-corrected chi connectivity index (χ1v) is 1.28. The topological polar surface area (TPSA) is 118 Å². The van der Waals surface area contributed by atoms with Gasteiger partial charge in [-0.3, -0.25) is 14.4 Å². The van der Waals surface area contributed by atoms with Gasteiger partial charge in [0.05, 0.1) is 0 Å². The van der Waals surface area contributed by atoms with Gasteiger partial charge in [-0.15, -0.1) is 0 Å². The van der Waals surface area contributed by atoms with E-state index in [2.05, 4.69) is 0 Å². The van der Waals surface area contributed by atoms with Gasteiger partial charge < -0.3 is 16.2 Å². The predicted octanol–water partition coefficient (Wildman–Crippen LogP) is -3.32. The normalized spacial score (nSPS) is 2.18. The van der Waals surface area contributed by atoms with Gasteiger partial charge in [-0.25, -0.2) is 0 Å². The van der Waals surface area contributed by atoms with Crippen molar-refractivity contribution < 1.29 is 60.4 Å². The Bertz CT molecular complexity index is 115. The van der Waals surface area contributed by atoms with E-state index in [1.54, 1.807) is 0 Å². The van der Waals surface area contributed by atoms with Gasteiger partial charge in [0.15, 0.2) is 0 Å². The first kappa shape index (κ1) is 31.1. The zero-order valence-electron chi connectivity index (χ0n) is 5.38. The molecule has 0 spiro atoms. The maximum Gasteiger partial charge on any atom is 2.00 e. The molecule has 0 saturated carbocycles. The van der Waals surface area contributed by atoms with Gasteiger partial charge in [0.1, 0.15) is 0 Å². The quantitative estimate of drug-likeness (QED) is 0.235. The van der Waals surface area contributed by atoms with Gasteiger partial charge in [0.2, 0.25) is 0 Å². The van der Waals surface area contributed by atoms with Crippen LogP contribution >= 0.6 is 0 Å². The molecule has 6 nitrogen and oxygen atoms in total. The predicted molar refractivity (Wildman–Crippen MR) is 27.2 cm³/mol. The van der Waals surface area contributed by atoms with Crippen LogP contribution in [0.2, 0.25) is 0 Å². The van der Waals surface area contributed by atoms with Crippen LogP contribution in [0.4, 0.5) is 0 Å². The second-order valence-corrected chi connectivity index (χ2v) is 0.274. The van der Waals surface area contributed by atoms with Crippen molar-refractivity contribution >= 4 is 18.2 Å². The molecule has 0 aliphatic heterocycles. The summed E-state index contributed by atoms with van der Waals surface area (Å²) in [5.41, 5.74) is 0. The third-order valence-corrected chi connectivity index (χ3v) is 0. The first-order chi connectivity index (χ1) is 4.24. The summed E-state index contributed by atoms with van der Waals surface area (Å²) in [7, 11) is 0. The zero-order valence-corrected chi connectivity index (χ0v) is 8.37. The summed E-state index contributed by atoms with van der Waals surface area (Å²) in [6.45, 7) is 0. The molecule has 0 aromatic heterocycles. The summed E-state index contributed by atoms with van der Waals surface area (Å²) >= 11 is 0. The minimum Gasteiger partial charge on any atom is -0.724 e. The van der Waals surface area contributed by atoms with Gasteiger partial charge in [0, 0.05) is 0 Å². The van der Waals surface area contributed by atoms with E-state index in [0.29, 0.717) is 18.2 Å². The van der Waals surface area contributed by atoms with Gasteiger partial charge in [-0.2, -0.15) is 0 Å². The van der Waals surface area contributed by atoms with Crippen molar-refractivity contribution in [2.45, 2.75) is 0 Å². The molecule has 0 aliphatic rings. The van der Waals surface area contributed by atoms with Gasteiger partial charge in [-0.05, 0) is 18.2 Å². The van der Waals surface area contributed by atoms with E-state index in [1.807, 2.05) is 0 Å². The van der Waals surface area contributed by atoms with E-state index in [0.717, 1.165) is 0 Å². The zero-order chi connectivity index (χ0) is 8.12. The largest absolute Gasteiger partial charge is 2.00 e. The molecule has 0 N–H and O–H groups in total. The molecule has 0 rings (SSSR count). The van der Waals surface area contributed by atoms with E-state index in [4.69, 9.17) is 30.6 Å². The number of carbonyl (C=O) groups excluding carboxylic acids is 3. The van der Waals surface area contributed by atoms with Crippen LogP contribution in [0.15, 0.2) is 0 Å². The molecule has 0 saturated heterocycles. The van der Waals surface area contributed by atoms with E-state index in [1.165, 1.54) is 0 Å². The van der Waals surface area contributed by atoms with Crippen molar-refractivity contribution in [3.8, 4) is 0 Å². The molecule has 0 bridgehead atoms. The Labute approximate surface area is 94.5 Å². The van der Waals surface area contributed by atoms with Crippen molar-refractivity contribution in [3.05, 3.63) is 16.2 Å². The standard InChI is InChI=1S/3CNO.Na.Ni/c3*2-1-3;;/q3*-1;+1;+2. The van der Waals surface area contributed by atoms with E-state index in [9.17, 15) is 0 Å². The fourth-order valence-corrected chi connectivity index (χ4v) is 0. The van der Waals surface area contributed by atoms with Gasteiger partial charge in [-0.1, -0.05) is 0 Å². The molecule has 0 atom stereocenters. The number of hydrogen-bond acceptors (Lipinski definition) is 3. The number of isocyanates is 3. The molecule has 0 aromatic carbocycles. The van der Waals surface area contributed by atoms with Crippen LogP contribution in [-0.2, 0) is 30.9 Å². The average molecular weight is 208 g/mol. The fraction of sp³-hybridized carbons (Fsp3) is 0. The minimum absolute atomic E-state index is 0. The van der Waals surface area contributed by atoms with Crippen LogP contribution in [0.5, 0.6) is 0 Å². The van der Waals surface area contributed by atoms with Crippen LogP contribution in [0.3, 0.4) is 0 Å². The van der Waals surface area contributed by atoms with E-state index < -0.39 is 0 Å². The summed E-state index contributed by atoms with van der Waals surface area (Å²) < 4.78 is 0. The average Bonchev–Trinajstić information content (AvgIpc) is 1.70. The SMILES string of the molecule is [N-]=C=O.[N-]=C=O.[N-]=C=O.[Na+].[Ni+2]. The van der Waals surface area contributed by atoms with Crippen LogP contribution in [0.1, 0.15) is 0 Å². The Kier molecular flexibility index (Phi) is 293. The molecule has 0 radical (unpaired) electrons. The summed E-state index contributed by atoms with van der Waals surface area (Å²) in [5, 5.41) is 20.3. The van der Waals surface area contributed by atoms with Crippen LogP contribution in [0, 0.1) is 0 Å².